The molecule has 0 radical (unpaired) electrons. The fourth-order valence-corrected chi connectivity index (χ4v) is 2.80. The molecule has 0 amide bonds. The van der Waals surface area contributed by atoms with Gasteiger partial charge in [-0.15, -0.1) is 0 Å². The number of hydrogen-bond acceptors (Lipinski definition) is 2. The van der Waals surface area contributed by atoms with Crippen LogP contribution in [0.2, 0.25) is 0 Å². The largest absolute Gasteiger partial charge is 0.326 e. The average Bonchev–Trinajstić information content (AvgIpc) is 2.65. The van der Waals surface area contributed by atoms with Crippen LogP contribution in [-0.2, 0) is 0 Å². The van der Waals surface area contributed by atoms with Crippen LogP contribution in [0.25, 0.3) is 0 Å². The first-order chi connectivity index (χ1) is 7.47. The fourth-order valence-electron chi connectivity index (χ4n) is 2.80. The van der Waals surface area contributed by atoms with Crippen molar-refractivity contribution in [3.8, 4) is 0 Å². The normalized spacial score (nSPS) is 20.2. The minimum absolute atomic E-state index is 0.00250. The predicted molar refractivity (Wildman–Crippen MR) is 71.6 cm³/mol. The Morgan fingerprint density at radius 1 is 1.25 bits per heavy atom. The molecule has 2 nitrogen and oxygen atoms in total. The van der Waals surface area contributed by atoms with Crippen molar-refractivity contribution in [3.05, 3.63) is 0 Å². The molecule has 3 N–H and O–H groups in total. The summed E-state index contributed by atoms with van der Waals surface area (Å²) in [4.78, 5) is 0. The maximum atomic E-state index is 5.96. The molecule has 1 fully saturated rings. The first-order valence-electron chi connectivity index (χ1n) is 6.97. The van der Waals surface area contributed by atoms with Gasteiger partial charge in [0.15, 0.2) is 0 Å². The van der Waals surface area contributed by atoms with E-state index >= 15 is 0 Å². The van der Waals surface area contributed by atoms with Crippen LogP contribution in [0.3, 0.4) is 0 Å². The molecule has 0 bridgehead atoms. The lowest BCUT2D eigenvalue weighted by molar-refractivity contribution is 0.267. The van der Waals surface area contributed by atoms with E-state index in [4.69, 9.17) is 5.73 Å². The van der Waals surface area contributed by atoms with Crippen molar-refractivity contribution in [3.63, 3.8) is 0 Å². The molecule has 1 saturated carbocycles. The first kappa shape index (κ1) is 14.0. The Labute approximate surface area is 101 Å². The fraction of sp³-hybridized carbons (Fsp3) is 1.00. The highest BCUT2D eigenvalue weighted by atomic mass is 14.9. The molecule has 0 atom stereocenters. The molecule has 1 rings (SSSR count). The molecule has 1 aliphatic rings. The van der Waals surface area contributed by atoms with Gasteiger partial charge in [0, 0.05) is 12.1 Å². The minimum Gasteiger partial charge on any atom is -0.326 e. The number of hydrogen-bond donors (Lipinski definition) is 2. The van der Waals surface area contributed by atoms with Crippen molar-refractivity contribution >= 4 is 0 Å². The molecular weight excluding hydrogens is 196 g/mol. The van der Waals surface area contributed by atoms with E-state index < -0.39 is 0 Å². The van der Waals surface area contributed by atoms with E-state index in [-0.39, 0.29) is 5.54 Å². The topological polar surface area (TPSA) is 38.0 Å². The van der Waals surface area contributed by atoms with Gasteiger partial charge in [-0.25, -0.2) is 0 Å². The van der Waals surface area contributed by atoms with Gasteiger partial charge in [0.05, 0.1) is 0 Å². The van der Waals surface area contributed by atoms with Gasteiger partial charge in [-0.05, 0) is 57.9 Å². The van der Waals surface area contributed by atoms with Crippen molar-refractivity contribution in [1.29, 1.82) is 0 Å². The van der Waals surface area contributed by atoms with E-state index in [1.54, 1.807) is 0 Å². The lowest BCUT2D eigenvalue weighted by Gasteiger charge is -2.28. The Morgan fingerprint density at radius 2 is 1.88 bits per heavy atom. The van der Waals surface area contributed by atoms with E-state index in [9.17, 15) is 0 Å². The van der Waals surface area contributed by atoms with Gasteiger partial charge in [0.1, 0.15) is 0 Å². The van der Waals surface area contributed by atoms with Crippen LogP contribution >= 0.6 is 0 Å². The van der Waals surface area contributed by atoms with Crippen LogP contribution in [0, 0.1) is 5.41 Å². The summed E-state index contributed by atoms with van der Waals surface area (Å²) in [6.45, 7) is 8.90. The molecule has 0 saturated heterocycles. The molecule has 16 heavy (non-hydrogen) atoms. The standard InChI is InChI=1S/C14H30N2/c1-4-14(9-5-6-10-14)12-16-11-7-8-13(2,3)15/h16H,4-12,15H2,1-3H3. The molecule has 96 valence electrons. The second-order valence-electron chi connectivity index (χ2n) is 6.33. The zero-order valence-electron chi connectivity index (χ0n) is 11.4. The second kappa shape index (κ2) is 6.02. The second-order valence-corrected chi connectivity index (χ2v) is 6.33. The van der Waals surface area contributed by atoms with Crippen LogP contribution in [0.1, 0.15) is 65.7 Å². The van der Waals surface area contributed by atoms with E-state index in [2.05, 4.69) is 26.1 Å². The van der Waals surface area contributed by atoms with Gasteiger partial charge in [-0.2, -0.15) is 0 Å². The van der Waals surface area contributed by atoms with Crippen LogP contribution in [0.15, 0.2) is 0 Å². The van der Waals surface area contributed by atoms with E-state index in [1.807, 2.05) is 0 Å². The lowest BCUT2D eigenvalue weighted by atomic mass is 9.83. The monoisotopic (exact) mass is 226 g/mol. The van der Waals surface area contributed by atoms with Gasteiger partial charge in [-0.3, -0.25) is 0 Å². The Bertz CT molecular complexity index is 187. The highest BCUT2D eigenvalue weighted by molar-refractivity contribution is 4.85. The highest BCUT2D eigenvalue weighted by Crippen LogP contribution is 2.40. The van der Waals surface area contributed by atoms with Gasteiger partial charge in [0.25, 0.3) is 0 Å². The van der Waals surface area contributed by atoms with E-state index in [0.717, 1.165) is 13.0 Å². The third-order valence-corrected chi connectivity index (χ3v) is 4.09. The molecule has 0 aromatic rings. The van der Waals surface area contributed by atoms with Crippen LogP contribution in [0.4, 0.5) is 0 Å². The van der Waals surface area contributed by atoms with Gasteiger partial charge in [-0.1, -0.05) is 19.8 Å². The van der Waals surface area contributed by atoms with E-state index in [0.29, 0.717) is 5.41 Å². The first-order valence-corrected chi connectivity index (χ1v) is 6.97. The number of rotatable bonds is 7. The quantitative estimate of drug-likeness (QED) is 0.655. The summed E-state index contributed by atoms with van der Waals surface area (Å²) in [6.07, 6.45) is 9.37. The van der Waals surface area contributed by atoms with E-state index in [1.165, 1.54) is 45.1 Å². The summed E-state index contributed by atoms with van der Waals surface area (Å²) < 4.78 is 0. The lowest BCUT2D eigenvalue weighted by Crippen LogP contribution is -2.35. The summed E-state index contributed by atoms with van der Waals surface area (Å²) in [5.41, 5.74) is 6.58. The van der Waals surface area contributed by atoms with Crippen molar-refractivity contribution in [2.75, 3.05) is 13.1 Å². The zero-order valence-corrected chi connectivity index (χ0v) is 11.4. The Hall–Kier alpha value is -0.0800. The summed E-state index contributed by atoms with van der Waals surface area (Å²) in [5, 5.41) is 3.64. The molecule has 0 aromatic heterocycles. The van der Waals surface area contributed by atoms with Crippen molar-refractivity contribution < 1.29 is 0 Å². The molecule has 2 heteroatoms. The minimum atomic E-state index is -0.00250. The average molecular weight is 226 g/mol. The van der Waals surface area contributed by atoms with Crippen LogP contribution in [-0.4, -0.2) is 18.6 Å². The van der Waals surface area contributed by atoms with Gasteiger partial charge < -0.3 is 11.1 Å². The molecule has 0 aliphatic heterocycles. The number of nitrogens with two attached hydrogens (primary N) is 1. The summed E-state index contributed by atoms with van der Waals surface area (Å²) >= 11 is 0. The number of nitrogens with one attached hydrogen (secondary N) is 1. The smallest absolute Gasteiger partial charge is 0.00975 e. The third kappa shape index (κ3) is 4.84. The van der Waals surface area contributed by atoms with Crippen LogP contribution in [0.5, 0.6) is 0 Å². The van der Waals surface area contributed by atoms with Crippen molar-refractivity contribution in [2.45, 2.75) is 71.3 Å². The Balaban J connectivity index is 2.10. The Morgan fingerprint density at radius 3 is 2.38 bits per heavy atom. The Kier molecular flexibility index (Phi) is 5.26. The maximum Gasteiger partial charge on any atom is 0.00975 e. The molecule has 0 spiro atoms. The van der Waals surface area contributed by atoms with Gasteiger partial charge >= 0.3 is 0 Å². The van der Waals surface area contributed by atoms with Crippen molar-refractivity contribution in [2.24, 2.45) is 11.1 Å². The molecule has 0 aromatic carbocycles. The summed E-state index contributed by atoms with van der Waals surface area (Å²) in [6, 6.07) is 0. The molecule has 0 unspecified atom stereocenters. The maximum absolute atomic E-state index is 5.96. The SMILES string of the molecule is CCC1(CNCCCC(C)(C)N)CCCC1. The van der Waals surface area contributed by atoms with Crippen LogP contribution < -0.4 is 11.1 Å². The summed E-state index contributed by atoms with van der Waals surface area (Å²) in [7, 11) is 0. The molecular formula is C14H30N2. The summed E-state index contributed by atoms with van der Waals surface area (Å²) in [5.74, 6) is 0. The zero-order chi connectivity index (χ0) is 12.1. The predicted octanol–water partition coefficient (Wildman–Crippen LogP) is 3.06. The van der Waals surface area contributed by atoms with Gasteiger partial charge in [0.2, 0.25) is 0 Å². The third-order valence-electron chi connectivity index (χ3n) is 4.09. The highest BCUT2D eigenvalue weighted by Gasteiger charge is 2.31. The molecule has 0 heterocycles. The molecule has 1 aliphatic carbocycles. The van der Waals surface area contributed by atoms with Crippen molar-refractivity contribution in [1.82, 2.24) is 5.32 Å².